The maximum Gasteiger partial charge on any atom is 0.246 e. The third-order valence-electron chi connectivity index (χ3n) is 11.2. The highest BCUT2D eigenvalue weighted by Gasteiger charge is 2.45. The molecule has 5 heterocycles. The topological polar surface area (TPSA) is 203 Å². The summed E-state index contributed by atoms with van der Waals surface area (Å²) in [7, 11) is 0. The first-order valence-corrected chi connectivity index (χ1v) is 21.0. The van der Waals surface area contributed by atoms with Crippen LogP contribution >= 0.6 is 11.3 Å². The second-order valence-electron chi connectivity index (χ2n) is 16.6. The Kier molecular flexibility index (Phi) is 12.4. The molecule has 0 saturated carbocycles. The second kappa shape index (κ2) is 17.7. The van der Waals surface area contributed by atoms with Gasteiger partial charge in [-0.05, 0) is 60.7 Å². The number of nitrogens with one attached hydrogen (secondary N) is 2. The monoisotopic (exact) mass is 832 g/mol. The standard InChI is InChI=1S/C44H52N10O5S/c1-26(28-10-12-29(13-11-28)39-27(2)47-25-60-39)48-42(58)35-20-31(55)23-54(35)43(59)40(44(3,4)5)49-38(57)24-52-16-18-53(19-17-52)37-15-14-30(22-46-37)33-21-34(50-51-41(33)45)32-8-6-7-9-36(32)56/h6-15,21-22,25-26,31,35,40,55-56H,16-20,23-24H2,1-5H3,(H2,45,51)(H,48,58)(H,49,57)/t26?,31-,35+,40?/m1/s1. The lowest BCUT2D eigenvalue weighted by Gasteiger charge is -2.37. The van der Waals surface area contributed by atoms with Crippen molar-refractivity contribution in [3.63, 3.8) is 0 Å². The number of aromatic hydroxyl groups is 1. The number of nitrogens with two attached hydrogens (primary N) is 1. The summed E-state index contributed by atoms with van der Waals surface area (Å²) in [5.41, 5.74) is 12.7. The molecular weight excluding hydrogens is 781 g/mol. The van der Waals surface area contributed by atoms with Crippen molar-refractivity contribution < 1.29 is 24.6 Å². The maximum atomic E-state index is 14.2. The van der Waals surface area contributed by atoms with Crippen molar-refractivity contribution >= 4 is 40.7 Å². The molecule has 2 aromatic carbocycles. The molecular formula is C44H52N10O5S. The molecule has 4 atom stereocenters. The quantitative estimate of drug-likeness (QED) is 0.126. The average Bonchev–Trinajstić information content (AvgIpc) is 3.85. The number of thiazole rings is 1. The van der Waals surface area contributed by atoms with Crippen molar-refractivity contribution in [3.05, 3.63) is 89.7 Å². The first kappa shape index (κ1) is 42.2. The molecule has 0 spiro atoms. The normalized spacial score (nSPS) is 18.2. The number of carbonyl (C=O) groups is 3. The number of amides is 3. The summed E-state index contributed by atoms with van der Waals surface area (Å²) in [6.07, 6.45) is 0.976. The van der Waals surface area contributed by atoms with Gasteiger partial charge in [0.1, 0.15) is 23.7 Å². The zero-order valence-electron chi connectivity index (χ0n) is 34.5. The van der Waals surface area contributed by atoms with E-state index in [1.165, 1.54) is 4.90 Å². The molecule has 15 nitrogen and oxygen atoms in total. The molecule has 314 valence electrons. The number of benzene rings is 2. The summed E-state index contributed by atoms with van der Waals surface area (Å²) in [6.45, 7) is 12.1. The third-order valence-corrected chi connectivity index (χ3v) is 12.2. The number of aryl methyl sites for hydroxylation is 1. The summed E-state index contributed by atoms with van der Waals surface area (Å²) in [5, 5.41) is 35.3. The number of hydrogen-bond acceptors (Lipinski definition) is 13. The Labute approximate surface area is 353 Å². The Hall–Kier alpha value is -5.97. The van der Waals surface area contributed by atoms with Crippen LogP contribution in [0.1, 0.15) is 51.4 Å². The molecule has 3 amide bonds. The number of aromatic nitrogens is 4. The predicted octanol–water partition coefficient (Wildman–Crippen LogP) is 4.42. The first-order valence-electron chi connectivity index (χ1n) is 20.1. The third kappa shape index (κ3) is 9.40. The van der Waals surface area contributed by atoms with E-state index in [1.54, 1.807) is 41.8 Å². The number of phenolic OH excluding ortho intramolecular Hbond substituents is 1. The van der Waals surface area contributed by atoms with E-state index in [4.69, 9.17) is 10.7 Å². The number of aliphatic hydroxyl groups excluding tert-OH is 1. The minimum absolute atomic E-state index is 0.000266. The number of nitrogens with zero attached hydrogens (tertiary/aromatic N) is 7. The van der Waals surface area contributed by atoms with E-state index < -0.39 is 29.5 Å². The smallest absolute Gasteiger partial charge is 0.246 e. The number of β-amino-alcohol motifs (C(OH)–C–C–N with tert-alkyl or cyclic N) is 1. The van der Waals surface area contributed by atoms with E-state index in [-0.39, 0.29) is 48.9 Å². The van der Waals surface area contributed by atoms with Crippen LogP contribution in [-0.4, -0.2) is 115 Å². The SMILES string of the molecule is Cc1ncsc1-c1ccc(C(C)NC(=O)[C@@H]2C[C@@H](O)CN2C(=O)C(NC(=O)CN2CCN(c3ccc(-c4cc(-c5ccccc5O)nnc4N)cn3)CC2)C(C)(C)C)cc1. The zero-order valence-corrected chi connectivity index (χ0v) is 35.3. The van der Waals surface area contributed by atoms with Gasteiger partial charge in [-0.25, -0.2) is 9.97 Å². The van der Waals surface area contributed by atoms with Crippen LogP contribution in [0.15, 0.2) is 78.4 Å². The van der Waals surface area contributed by atoms with Gasteiger partial charge in [0.05, 0.1) is 40.5 Å². The Morgan fingerprint density at radius 2 is 1.65 bits per heavy atom. The van der Waals surface area contributed by atoms with Gasteiger partial charge in [0.25, 0.3) is 0 Å². The largest absolute Gasteiger partial charge is 0.507 e. The number of anilines is 2. The van der Waals surface area contributed by atoms with Crippen LogP contribution in [0.4, 0.5) is 11.6 Å². The number of aliphatic hydroxyl groups is 1. The Morgan fingerprint density at radius 1 is 0.933 bits per heavy atom. The molecule has 2 unspecified atom stereocenters. The lowest BCUT2D eigenvalue weighted by molar-refractivity contribution is -0.144. The van der Waals surface area contributed by atoms with Gasteiger partial charge in [0.2, 0.25) is 17.7 Å². The van der Waals surface area contributed by atoms with Gasteiger partial charge in [0, 0.05) is 62.0 Å². The van der Waals surface area contributed by atoms with Gasteiger partial charge in [-0.3, -0.25) is 19.3 Å². The highest BCUT2D eigenvalue weighted by atomic mass is 32.1. The van der Waals surface area contributed by atoms with Crippen LogP contribution in [-0.2, 0) is 14.4 Å². The molecule has 5 aromatic rings. The summed E-state index contributed by atoms with van der Waals surface area (Å²) in [6, 6.07) is 18.4. The number of rotatable bonds is 11. The fourth-order valence-electron chi connectivity index (χ4n) is 7.75. The molecule has 6 N–H and O–H groups in total. The van der Waals surface area contributed by atoms with Crippen LogP contribution in [0.3, 0.4) is 0 Å². The highest BCUT2D eigenvalue weighted by molar-refractivity contribution is 7.13. The Bertz CT molecular complexity index is 2320. The first-order chi connectivity index (χ1) is 28.7. The molecule has 2 aliphatic rings. The molecule has 7 rings (SSSR count). The van der Waals surface area contributed by atoms with Crippen LogP contribution in [0.5, 0.6) is 5.75 Å². The molecule has 0 bridgehead atoms. The molecule has 0 aliphatic carbocycles. The van der Waals surface area contributed by atoms with E-state index in [2.05, 4.69) is 30.7 Å². The van der Waals surface area contributed by atoms with Crippen molar-refractivity contribution in [1.82, 2.24) is 40.6 Å². The lowest BCUT2D eigenvalue weighted by Crippen LogP contribution is -2.59. The van der Waals surface area contributed by atoms with Crippen LogP contribution in [0.2, 0.25) is 0 Å². The molecule has 2 fully saturated rings. The number of para-hydroxylation sites is 1. The minimum atomic E-state index is -0.922. The number of piperazine rings is 1. The number of carbonyl (C=O) groups excluding carboxylic acids is 3. The van der Waals surface area contributed by atoms with Gasteiger partial charge < -0.3 is 36.4 Å². The summed E-state index contributed by atoms with van der Waals surface area (Å²) >= 11 is 1.58. The minimum Gasteiger partial charge on any atom is -0.507 e. The summed E-state index contributed by atoms with van der Waals surface area (Å²) in [5.74, 6) is 0.0796. The number of nitrogen functional groups attached to an aromatic ring is 1. The fourth-order valence-corrected chi connectivity index (χ4v) is 8.56. The molecule has 2 aliphatic heterocycles. The van der Waals surface area contributed by atoms with E-state index in [1.807, 2.05) is 87.5 Å². The van der Waals surface area contributed by atoms with Crippen molar-refractivity contribution in [2.45, 2.75) is 65.3 Å². The highest BCUT2D eigenvalue weighted by Crippen LogP contribution is 2.33. The van der Waals surface area contributed by atoms with E-state index >= 15 is 0 Å². The zero-order chi connectivity index (χ0) is 42.7. The molecule has 2 saturated heterocycles. The molecule has 60 heavy (non-hydrogen) atoms. The summed E-state index contributed by atoms with van der Waals surface area (Å²) in [4.78, 5) is 57.2. The van der Waals surface area contributed by atoms with Crippen LogP contribution < -0.4 is 21.3 Å². The van der Waals surface area contributed by atoms with Gasteiger partial charge in [-0.2, -0.15) is 0 Å². The lowest BCUT2D eigenvalue weighted by atomic mass is 9.85. The molecule has 0 radical (unpaired) electrons. The molecule has 3 aromatic heterocycles. The van der Waals surface area contributed by atoms with Crippen molar-refractivity contribution in [3.8, 4) is 38.6 Å². The van der Waals surface area contributed by atoms with Crippen molar-refractivity contribution in [2.75, 3.05) is 49.9 Å². The Balaban J connectivity index is 0.932. The average molecular weight is 833 g/mol. The number of pyridine rings is 1. The fraction of sp³-hybridized carbons (Fsp3) is 0.386. The van der Waals surface area contributed by atoms with Crippen molar-refractivity contribution in [2.24, 2.45) is 5.41 Å². The van der Waals surface area contributed by atoms with Gasteiger partial charge in [0.15, 0.2) is 5.82 Å². The number of hydrogen-bond donors (Lipinski definition) is 5. The van der Waals surface area contributed by atoms with Crippen LogP contribution in [0, 0.1) is 12.3 Å². The van der Waals surface area contributed by atoms with Gasteiger partial charge in [-0.1, -0.05) is 57.2 Å². The van der Waals surface area contributed by atoms with Gasteiger partial charge in [-0.15, -0.1) is 21.5 Å². The van der Waals surface area contributed by atoms with Gasteiger partial charge >= 0.3 is 0 Å². The van der Waals surface area contributed by atoms with Crippen LogP contribution in [0.25, 0.3) is 32.8 Å². The second-order valence-corrected chi connectivity index (χ2v) is 17.5. The Morgan fingerprint density at radius 3 is 2.30 bits per heavy atom. The number of likely N-dealkylation sites (tertiary alicyclic amines) is 1. The number of phenols is 1. The van der Waals surface area contributed by atoms with E-state index in [9.17, 15) is 24.6 Å². The summed E-state index contributed by atoms with van der Waals surface area (Å²) < 4.78 is 0. The van der Waals surface area contributed by atoms with E-state index in [0.717, 1.165) is 33.1 Å². The van der Waals surface area contributed by atoms with E-state index in [0.29, 0.717) is 43.0 Å². The molecule has 16 heteroatoms. The maximum absolute atomic E-state index is 14.2. The van der Waals surface area contributed by atoms with Crippen molar-refractivity contribution in [1.29, 1.82) is 0 Å². The predicted molar refractivity (Wildman–Crippen MR) is 232 cm³/mol.